The van der Waals surface area contributed by atoms with Crippen LogP contribution in [0.5, 0.6) is 0 Å². The van der Waals surface area contributed by atoms with Crippen molar-refractivity contribution in [2.24, 2.45) is 0 Å². The molecule has 2 amide bonds. The fourth-order valence-electron chi connectivity index (χ4n) is 3.17. The number of carbonyl (C=O) groups excluding carboxylic acids is 2. The lowest BCUT2D eigenvalue weighted by atomic mass is 10.1. The summed E-state index contributed by atoms with van der Waals surface area (Å²) in [6.45, 7) is 3.15. The van der Waals surface area contributed by atoms with Crippen LogP contribution < -0.4 is 5.32 Å². The second-order valence-electron chi connectivity index (χ2n) is 6.88. The number of rotatable bonds is 6. The highest BCUT2D eigenvalue weighted by Gasteiger charge is 2.23. The van der Waals surface area contributed by atoms with Crippen molar-refractivity contribution < 1.29 is 18.4 Å². The Balaban J connectivity index is 1.40. The van der Waals surface area contributed by atoms with Gasteiger partial charge in [0.05, 0.1) is 0 Å². The van der Waals surface area contributed by atoms with E-state index in [1.165, 1.54) is 6.07 Å². The summed E-state index contributed by atoms with van der Waals surface area (Å²) in [5, 5.41) is 3.48. The molecular weight excluding hydrogens is 400 g/mol. The third-order valence-corrected chi connectivity index (χ3v) is 5.28. The average Bonchev–Trinajstić information content (AvgIpc) is 2.73. The zero-order valence-electron chi connectivity index (χ0n) is 15.8. The molecule has 0 radical (unpaired) electrons. The summed E-state index contributed by atoms with van der Waals surface area (Å²) < 4.78 is 26.4. The Hall–Kier alpha value is -2.51. The number of nitrogens with one attached hydrogen (secondary N) is 1. The quantitative estimate of drug-likeness (QED) is 0.779. The number of carbonyl (C=O) groups is 2. The molecule has 0 aromatic heterocycles. The van der Waals surface area contributed by atoms with Gasteiger partial charge < -0.3 is 10.2 Å². The van der Waals surface area contributed by atoms with Crippen molar-refractivity contribution in [3.05, 3.63) is 70.2 Å². The minimum absolute atomic E-state index is 0.0646. The molecule has 8 heteroatoms. The molecular formula is C21H22ClF2N3O2. The van der Waals surface area contributed by atoms with Crippen LogP contribution in [0, 0.1) is 11.6 Å². The second-order valence-corrected chi connectivity index (χ2v) is 7.29. The Kier molecular flexibility index (Phi) is 7.17. The molecule has 1 N–H and O–H groups in total. The summed E-state index contributed by atoms with van der Waals surface area (Å²) in [5.41, 5.74) is 1.00. The first-order valence-corrected chi connectivity index (χ1v) is 9.78. The van der Waals surface area contributed by atoms with E-state index in [1.54, 1.807) is 11.0 Å². The molecule has 1 aliphatic rings. The number of piperazine rings is 1. The zero-order chi connectivity index (χ0) is 20.8. The SMILES string of the molecule is O=C(CCN1CCN(C(=O)c2ccc(F)c(F)c2)CC1)NCc1ccccc1Cl. The van der Waals surface area contributed by atoms with Crippen LogP contribution in [-0.4, -0.2) is 54.3 Å². The third kappa shape index (κ3) is 5.74. The monoisotopic (exact) mass is 421 g/mol. The molecule has 0 bridgehead atoms. The van der Waals surface area contributed by atoms with Gasteiger partial charge in [0.25, 0.3) is 5.91 Å². The molecule has 0 atom stereocenters. The molecule has 2 aromatic rings. The predicted octanol–water partition coefficient (Wildman–Crippen LogP) is 3.08. The first-order valence-electron chi connectivity index (χ1n) is 9.41. The Morgan fingerprint density at radius 2 is 1.72 bits per heavy atom. The van der Waals surface area contributed by atoms with E-state index < -0.39 is 11.6 Å². The normalized spacial score (nSPS) is 14.7. The van der Waals surface area contributed by atoms with Gasteiger partial charge in [0.2, 0.25) is 5.91 Å². The van der Waals surface area contributed by atoms with Crippen molar-refractivity contribution >= 4 is 23.4 Å². The molecule has 2 aromatic carbocycles. The number of nitrogens with zero attached hydrogens (tertiary/aromatic N) is 2. The van der Waals surface area contributed by atoms with Crippen molar-refractivity contribution in [1.29, 1.82) is 0 Å². The van der Waals surface area contributed by atoms with Crippen LogP contribution in [0.4, 0.5) is 8.78 Å². The number of hydrogen-bond donors (Lipinski definition) is 1. The van der Waals surface area contributed by atoms with Crippen molar-refractivity contribution in [3.63, 3.8) is 0 Å². The van der Waals surface area contributed by atoms with Crippen LogP contribution >= 0.6 is 11.6 Å². The summed E-state index contributed by atoms with van der Waals surface area (Å²) in [6, 6.07) is 10.5. The molecule has 29 heavy (non-hydrogen) atoms. The van der Waals surface area contributed by atoms with Crippen molar-refractivity contribution in [1.82, 2.24) is 15.1 Å². The van der Waals surface area contributed by atoms with Gasteiger partial charge in [0, 0.05) is 56.3 Å². The van der Waals surface area contributed by atoms with Gasteiger partial charge >= 0.3 is 0 Å². The molecule has 0 spiro atoms. The highest BCUT2D eigenvalue weighted by Crippen LogP contribution is 2.15. The molecule has 154 valence electrons. The van der Waals surface area contributed by atoms with Crippen molar-refractivity contribution in [2.75, 3.05) is 32.7 Å². The lowest BCUT2D eigenvalue weighted by molar-refractivity contribution is -0.121. The average molecular weight is 422 g/mol. The van der Waals surface area contributed by atoms with Gasteiger partial charge in [0.1, 0.15) is 0 Å². The van der Waals surface area contributed by atoms with Crippen molar-refractivity contribution in [3.8, 4) is 0 Å². The zero-order valence-corrected chi connectivity index (χ0v) is 16.6. The molecule has 5 nitrogen and oxygen atoms in total. The van der Waals surface area contributed by atoms with Gasteiger partial charge in [-0.15, -0.1) is 0 Å². The number of benzene rings is 2. The summed E-state index contributed by atoms with van der Waals surface area (Å²) in [6.07, 6.45) is 0.349. The number of halogens is 3. The maximum Gasteiger partial charge on any atom is 0.254 e. The first kappa shape index (κ1) is 21.2. The third-order valence-electron chi connectivity index (χ3n) is 4.91. The van der Waals surface area contributed by atoms with Crippen LogP contribution in [0.2, 0.25) is 5.02 Å². The molecule has 1 aliphatic heterocycles. The fraction of sp³-hybridized carbons (Fsp3) is 0.333. The summed E-state index contributed by atoms with van der Waals surface area (Å²) in [4.78, 5) is 28.2. The Labute approximate surface area is 173 Å². The van der Waals surface area contributed by atoms with Crippen LogP contribution in [0.3, 0.4) is 0 Å². The van der Waals surface area contributed by atoms with E-state index in [0.29, 0.717) is 50.7 Å². The summed E-state index contributed by atoms with van der Waals surface area (Å²) in [7, 11) is 0. The largest absolute Gasteiger partial charge is 0.352 e. The number of hydrogen-bond acceptors (Lipinski definition) is 3. The van der Waals surface area contributed by atoms with E-state index in [1.807, 2.05) is 18.2 Å². The number of amides is 2. The van der Waals surface area contributed by atoms with Crippen LogP contribution in [0.1, 0.15) is 22.3 Å². The molecule has 1 heterocycles. The maximum atomic E-state index is 13.3. The van der Waals surface area contributed by atoms with E-state index in [2.05, 4.69) is 10.2 Å². The second kappa shape index (κ2) is 9.80. The van der Waals surface area contributed by atoms with Crippen LogP contribution in [0.15, 0.2) is 42.5 Å². The highest BCUT2D eigenvalue weighted by molar-refractivity contribution is 6.31. The van der Waals surface area contributed by atoms with Gasteiger partial charge in [-0.3, -0.25) is 14.5 Å². The summed E-state index contributed by atoms with van der Waals surface area (Å²) >= 11 is 6.08. The van der Waals surface area contributed by atoms with E-state index in [9.17, 15) is 18.4 Å². The van der Waals surface area contributed by atoms with E-state index in [0.717, 1.165) is 17.7 Å². The minimum atomic E-state index is -1.03. The standard InChI is InChI=1S/C21H22ClF2N3O2/c22-17-4-2-1-3-16(17)14-25-20(28)7-8-26-9-11-27(12-10-26)21(29)15-5-6-18(23)19(24)13-15/h1-6,13H,7-12,14H2,(H,25,28). The molecule has 0 aliphatic carbocycles. The van der Waals surface area contributed by atoms with E-state index in [-0.39, 0.29) is 17.4 Å². The Bertz CT molecular complexity index is 886. The Morgan fingerprint density at radius 3 is 2.41 bits per heavy atom. The van der Waals surface area contributed by atoms with Gasteiger partial charge in [-0.2, -0.15) is 0 Å². The van der Waals surface area contributed by atoms with E-state index >= 15 is 0 Å². The van der Waals surface area contributed by atoms with Gasteiger partial charge in [-0.25, -0.2) is 8.78 Å². The fourth-order valence-corrected chi connectivity index (χ4v) is 3.37. The van der Waals surface area contributed by atoms with Crippen LogP contribution in [0.25, 0.3) is 0 Å². The molecule has 0 saturated carbocycles. The molecule has 3 rings (SSSR count). The highest BCUT2D eigenvalue weighted by atomic mass is 35.5. The molecule has 0 unspecified atom stereocenters. The lowest BCUT2D eigenvalue weighted by Crippen LogP contribution is -2.49. The minimum Gasteiger partial charge on any atom is -0.352 e. The van der Waals surface area contributed by atoms with Gasteiger partial charge in [0.15, 0.2) is 11.6 Å². The van der Waals surface area contributed by atoms with E-state index in [4.69, 9.17) is 11.6 Å². The first-order chi connectivity index (χ1) is 13.9. The molecule has 1 saturated heterocycles. The van der Waals surface area contributed by atoms with Crippen LogP contribution in [-0.2, 0) is 11.3 Å². The molecule has 1 fully saturated rings. The van der Waals surface area contributed by atoms with Crippen molar-refractivity contribution in [2.45, 2.75) is 13.0 Å². The maximum absolute atomic E-state index is 13.3. The summed E-state index contributed by atoms with van der Waals surface area (Å²) in [5.74, 6) is -2.39. The Morgan fingerprint density at radius 1 is 1.00 bits per heavy atom. The smallest absolute Gasteiger partial charge is 0.254 e. The lowest BCUT2D eigenvalue weighted by Gasteiger charge is -2.34. The van der Waals surface area contributed by atoms with Gasteiger partial charge in [-0.05, 0) is 29.8 Å². The predicted molar refractivity (Wildman–Crippen MR) is 107 cm³/mol. The van der Waals surface area contributed by atoms with Gasteiger partial charge in [-0.1, -0.05) is 29.8 Å². The topological polar surface area (TPSA) is 52.7 Å².